The van der Waals surface area contributed by atoms with Crippen molar-refractivity contribution in [3.8, 4) is 0 Å². The van der Waals surface area contributed by atoms with E-state index in [0.29, 0.717) is 6.61 Å². The number of carboxylic acid groups (broad SMARTS) is 1. The van der Waals surface area contributed by atoms with Crippen LogP contribution in [-0.2, 0) is 4.79 Å². The van der Waals surface area contributed by atoms with E-state index in [4.69, 9.17) is 10.2 Å². The molecule has 0 spiro atoms. The molecule has 0 amide bonds. The molecule has 0 aromatic heterocycles. The number of aliphatic hydroxyl groups is 1. The minimum Gasteiger partial charge on any atom is -0.478 e. The quantitative estimate of drug-likeness (QED) is 0.190. The smallest absolute Gasteiger partial charge is 0.327 e. The van der Waals surface area contributed by atoms with Crippen molar-refractivity contribution in [2.24, 2.45) is 0 Å². The molecule has 2 N–H and O–H groups in total. The van der Waals surface area contributed by atoms with Crippen LogP contribution >= 0.6 is 0 Å². The molecule has 0 radical (unpaired) electrons. The second kappa shape index (κ2) is 21.2. The molecule has 0 heterocycles. The summed E-state index contributed by atoms with van der Waals surface area (Å²) in [5.74, 6) is -0.839. The van der Waals surface area contributed by atoms with Crippen molar-refractivity contribution in [3.63, 3.8) is 0 Å². The molecule has 0 fully saturated rings. The third-order valence-electron chi connectivity index (χ3n) is 4.79. The molecule has 25 heavy (non-hydrogen) atoms. The van der Waals surface area contributed by atoms with Crippen LogP contribution in [0.25, 0.3) is 0 Å². The zero-order chi connectivity index (χ0) is 18.4. The maximum Gasteiger partial charge on any atom is 0.327 e. The van der Waals surface area contributed by atoms with Gasteiger partial charge in [-0.25, -0.2) is 4.79 Å². The van der Waals surface area contributed by atoms with E-state index in [1.165, 1.54) is 102 Å². The van der Waals surface area contributed by atoms with Gasteiger partial charge >= 0.3 is 5.97 Å². The molecule has 0 bridgehead atoms. The molecular weight excluding hydrogens is 312 g/mol. The number of aliphatic carboxylic acids is 1. The van der Waals surface area contributed by atoms with Crippen molar-refractivity contribution >= 4 is 5.97 Å². The van der Waals surface area contributed by atoms with Crippen LogP contribution in [0.15, 0.2) is 12.2 Å². The van der Waals surface area contributed by atoms with Crippen LogP contribution in [0, 0.1) is 0 Å². The van der Waals surface area contributed by atoms with Crippen LogP contribution in [0.3, 0.4) is 0 Å². The summed E-state index contributed by atoms with van der Waals surface area (Å²) in [6, 6.07) is 0. The van der Waals surface area contributed by atoms with Crippen LogP contribution in [0.1, 0.15) is 116 Å². The monoisotopic (exact) mass is 354 g/mol. The summed E-state index contributed by atoms with van der Waals surface area (Å²) in [5, 5.41) is 17.2. The molecule has 148 valence electrons. The fourth-order valence-electron chi connectivity index (χ4n) is 3.21. The molecule has 0 aliphatic rings. The SMILES string of the molecule is O=C(O)C=CCCCCCCCCCCCCCCCCCCCO. The third kappa shape index (κ3) is 23.2. The average Bonchev–Trinajstić information content (AvgIpc) is 2.60. The predicted molar refractivity (Wildman–Crippen MR) is 107 cm³/mol. The van der Waals surface area contributed by atoms with E-state index < -0.39 is 5.97 Å². The Hall–Kier alpha value is -0.830. The Balaban J connectivity index is 3.01. The maximum absolute atomic E-state index is 10.3. The molecule has 0 rings (SSSR count). The number of carbonyl (C=O) groups is 1. The van der Waals surface area contributed by atoms with Gasteiger partial charge in [0.1, 0.15) is 0 Å². The van der Waals surface area contributed by atoms with E-state index >= 15 is 0 Å². The Labute approximate surface area is 155 Å². The van der Waals surface area contributed by atoms with Crippen LogP contribution < -0.4 is 0 Å². The summed E-state index contributed by atoms with van der Waals surface area (Å²) >= 11 is 0. The average molecular weight is 355 g/mol. The molecule has 3 heteroatoms. The fourth-order valence-corrected chi connectivity index (χ4v) is 3.21. The van der Waals surface area contributed by atoms with Crippen molar-refractivity contribution in [2.45, 2.75) is 116 Å². The Kier molecular flexibility index (Phi) is 20.5. The molecule has 0 aliphatic carbocycles. The van der Waals surface area contributed by atoms with Gasteiger partial charge in [-0.05, 0) is 19.3 Å². The van der Waals surface area contributed by atoms with Crippen molar-refractivity contribution in [1.29, 1.82) is 0 Å². The Bertz CT molecular complexity index is 300. The number of carboxylic acids is 1. The van der Waals surface area contributed by atoms with Gasteiger partial charge in [0.2, 0.25) is 0 Å². The molecule has 0 saturated heterocycles. The summed E-state index contributed by atoms with van der Waals surface area (Å²) in [6.07, 6.45) is 26.2. The highest BCUT2D eigenvalue weighted by atomic mass is 16.4. The Morgan fingerprint density at radius 2 is 0.880 bits per heavy atom. The number of unbranched alkanes of at least 4 members (excludes halogenated alkanes) is 17. The van der Waals surface area contributed by atoms with E-state index in [2.05, 4.69) is 0 Å². The van der Waals surface area contributed by atoms with Gasteiger partial charge in [0.15, 0.2) is 0 Å². The summed E-state index contributed by atoms with van der Waals surface area (Å²) < 4.78 is 0. The van der Waals surface area contributed by atoms with Crippen LogP contribution in [0.5, 0.6) is 0 Å². The van der Waals surface area contributed by atoms with Gasteiger partial charge in [0.05, 0.1) is 0 Å². The molecule has 0 atom stereocenters. The van der Waals surface area contributed by atoms with Crippen molar-refractivity contribution in [3.05, 3.63) is 12.2 Å². The summed E-state index contributed by atoms with van der Waals surface area (Å²) in [7, 11) is 0. The second-order valence-corrected chi connectivity index (χ2v) is 7.26. The predicted octanol–water partition coefficient (Wildman–Crippen LogP) is 6.64. The van der Waals surface area contributed by atoms with Gasteiger partial charge in [-0.2, -0.15) is 0 Å². The number of rotatable bonds is 20. The third-order valence-corrected chi connectivity index (χ3v) is 4.79. The summed E-state index contributed by atoms with van der Waals surface area (Å²) in [5.41, 5.74) is 0. The van der Waals surface area contributed by atoms with Crippen LogP contribution in [-0.4, -0.2) is 22.8 Å². The minimum absolute atomic E-state index is 0.353. The molecule has 0 aromatic carbocycles. The van der Waals surface area contributed by atoms with E-state index in [9.17, 15) is 4.79 Å². The lowest BCUT2D eigenvalue weighted by Crippen LogP contribution is -1.86. The highest BCUT2D eigenvalue weighted by Gasteiger charge is 1.95. The first-order valence-electron chi connectivity index (χ1n) is 10.8. The number of hydrogen-bond acceptors (Lipinski definition) is 2. The molecule has 0 aromatic rings. The standard InChI is InChI=1S/C22H42O3/c23-21-19-17-15-13-11-9-7-5-3-1-2-4-6-8-10-12-14-16-18-20-22(24)25/h18,20,23H,1-17,19,21H2,(H,24,25). The number of allylic oxidation sites excluding steroid dienone is 1. The lowest BCUT2D eigenvalue weighted by Gasteiger charge is -2.03. The highest BCUT2D eigenvalue weighted by molar-refractivity contribution is 5.79. The number of hydrogen-bond donors (Lipinski definition) is 2. The summed E-state index contributed by atoms with van der Waals surface area (Å²) in [6.45, 7) is 0.353. The van der Waals surface area contributed by atoms with Crippen LogP contribution in [0.4, 0.5) is 0 Å². The van der Waals surface area contributed by atoms with Gasteiger partial charge < -0.3 is 10.2 Å². The largest absolute Gasteiger partial charge is 0.478 e. The Morgan fingerprint density at radius 1 is 0.560 bits per heavy atom. The number of aliphatic hydroxyl groups excluding tert-OH is 1. The van der Waals surface area contributed by atoms with Gasteiger partial charge in [0, 0.05) is 12.7 Å². The zero-order valence-corrected chi connectivity index (χ0v) is 16.4. The van der Waals surface area contributed by atoms with Gasteiger partial charge in [0.25, 0.3) is 0 Å². The van der Waals surface area contributed by atoms with Gasteiger partial charge in [-0.3, -0.25) is 0 Å². The fraction of sp³-hybridized carbons (Fsp3) is 0.864. The molecule has 0 unspecified atom stereocenters. The molecule has 0 aliphatic heterocycles. The van der Waals surface area contributed by atoms with Gasteiger partial charge in [-0.15, -0.1) is 0 Å². The van der Waals surface area contributed by atoms with E-state index in [1.807, 2.05) is 0 Å². The van der Waals surface area contributed by atoms with Crippen molar-refractivity contribution in [2.75, 3.05) is 6.61 Å². The van der Waals surface area contributed by atoms with Gasteiger partial charge in [-0.1, -0.05) is 102 Å². The topological polar surface area (TPSA) is 57.5 Å². The molecule has 3 nitrogen and oxygen atoms in total. The normalized spacial score (nSPS) is 11.4. The summed E-state index contributed by atoms with van der Waals surface area (Å²) in [4.78, 5) is 10.3. The van der Waals surface area contributed by atoms with E-state index in [1.54, 1.807) is 6.08 Å². The zero-order valence-electron chi connectivity index (χ0n) is 16.4. The molecule has 0 saturated carbocycles. The van der Waals surface area contributed by atoms with Crippen molar-refractivity contribution < 1.29 is 15.0 Å². The lowest BCUT2D eigenvalue weighted by atomic mass is 10.0. The minimum atomic E-state index is -0.839. The van der Waals surface area contributed by atoms with Crippen molar-refractivity contribution in [1.82, 2.24) is 0 Å². The maximum atomic E-state index is 10.3. The first kappa shape index (κ1) is 24.2. The van der Waals surface area contributed by atoms with E-state index in [0.717, 1.165) is 19.3 Å². The highest BCUT2D eigenvalue weighted by Crippen LogP contribution is 2.14. The second-order valence-electron chi connectivity index (χ2n) is 7.26. The lowest BCUT2D eigenvalue weighted by molar-refractivity contribution is -0.131. The first-order chi connectivity index (χ1) is 12.3. The Morgan fingerprint density at radius 3 is 1.20 bits per heavy atom. The molecular formula is C22H42O3. The first-order valence-corrected chi connectivity index (χ1v) is 10.8. The van der Waals surface area contributed by atoms with Crippen LogP contribution in [0.2, 0.25) is 0 Å². The van der Waals surface area contributed by atoms with E-state index in [-0.39, 0.29) is 0 Å².